The van der Waals surface area contributed by atoms with Crippen molar-refractivity contribution in [2.75, 3.05) is 26.2 Å². The molecule has 0 aliphatic carbocycles. The summed E-state index contributed by atoms with van der Waals surface area (Å²) >= 11 is 0. The maximum atomic E-state index is 12.5. The molecule has 0 aromatic heterocycles. The smallest absolute Gasteiger partial charge is 0.253 e. The van der Waals surface area contributed by atoms with Crippen LogP contribution in [0.4, 0.5) is 0 Å². The number of amides is 1. The number of carbonyl (C=O) groups excluding carboxylic acids is 1. The van der Waals surface area contributed by atoms with E-state index in [-0.39, 0.29) is 11.9 Å². The second-order valence-electron chi connectivity index (χ2n) is 5.64. The van der Waals surface area contributed by atoms with Gasteiger partial charge in [-0.05, 0) is 17.7 Å². The molecule has 0 radical (unpaired) electrons. The van der Waals surface area contributed by atoms with Gasteiger partial charge in [-0.1, -0.05) is 48.5 Å². The van der Waals surface area contributed by atoms with Crippen LogP contribution in [0.1, 0.15) is 22.0 Å². The average molecular weight is 305 g/mol. The third-order valence-corrected chi connectivity index (χ3v) is 4.22. The minimum absolute atomic E-state index is 0.0680. The average Bonchev–Trinajstić information content (AvgIpc) is 2.64. The molecule has 1 atom stereocenters. The van der Waals surface area contributed by atoms with E-state index in [2.05, 4.69) is 11.0 Å². The number of hydrogen-bond acceptors (Lipinski definition) is 3. The zero-order valence-electron chi connectivity index (χ0n) is 12.9. The normalized spacial score (nSPS) is 16.6. The van der Waals surface area contributed by atoms with Gasteiger partial charge in [0.2, 0.25) is 0 Å². The summed E-state index contributed by atoms with van der Waals surface area (Å²) in [6.45, 7) is 2.73. The van der Waals surface area contributed by atoms with E-state index < -0.39 is 0 Å². The number of nitriles is 1. The van der Waals surface area contributed by atoms with Crippen LogP contribution in [0.5, 0.6) is 0 Å². The Hall–Kier alpha value is -2.64. The summed E-state index contributed by atoms with van der Waals surface area (Å²) in [6, 6.07) is 21.3. The first-order chi connectivity index (χ1) is 11.3. The summed E-state index contributed by atoms with van der Waals surface area (Å²) in [5.74, 6) is 0.0680. The lowest BCUT2D eigenvalue weighted by atomic mass is 10.1. The van der Waals surface area contributed by atoms with Gasteiger partial charge < -0.3 is 4.90 Å². The first kappa shape index (κ1) is 15.3. The van der Waals surface area contributed by atoms with Crippen LogP contribution in [0.3, 0.4) is 0 Å². The summed E-state index contributed by atoms with van der Waals surface area (Å²) in [4.78, 5) is 16.5. The van der Waals surface area contributed by atoms with Crippen molar-refractivity contribution in [3.8, 4) is 6.07 Å². The standard InChI is InChI=1S/C19H19N3O/c20-15-18(16-7-3-1-4-8-16)21-11-13-22(14-12-21)19(23)17-9-5-2-6-10-17/h1-10,18H,11-14H2. The second-order valence-corrected chi connectivity index (χ2v) is 5.64. The maximum absolute atomic E-state index is 12.5. The lowest BCUT2D eigenvalue weighted by Gasteiger charge is -2.37. The Morgan fingerprint density at radius 2 is 1.48 bits per heavy atom. The quantitative estimate of drug-likeness (QED) is 0.876. The Morgan fingerprint density at radius 3 is 2.04 bits per heavy atom. The molecule has 1 unspecified atom stereocenters. The molecule has 2 aromatic carbocycles. The predicted octanol–water partition coefficient (Wildman–Crippen LogP) is 2.71. The van der Waals surface area contributed by atoms with E-state index in [9.17, 15) is 10.1 Å². The highest BCUT2D eigenvalue weighted by atomic mass is 16.2. The Morgan fingerprint density at radius 1 is 0.913 bits per heavy atom. The Kier molecular flexibility index (Phi) is 4.70. The first-order valence-electron chi connectivity index (χ1n) is 7.82. The molecule has 1 amide bonds. The molecule has 4 nitrogen and oxygen atoms in total. The van der Waals surface area contributed by atoms with Crippen molar-refractivity contribution in [2.45, 2.75) is 6.04 Å². The van der Waals surface area contributed by atoms with Crippen LogP contribution in [0.15, 0.2) is 60.7 Å². The molecule has 3 rings (SSSR count). The fourth-order valence-corrected chi connectivity index (χ4v) is 2.95. The monoisotopic (exact) mass is 305 g/mol. The van der Waals surface area contributed by atoms with Crippen LogP contribution in [0.25, 0.3) is 0 Å². The van der Waals surface area contributed by atoms with Crippen molar-refractivity contribution in [3.05, 3.63) is 71.8 Å². The van der Waals surface area contributed by atoms with E-state index in [1.807, 2.05) is 65.6 Å². The largest absolute Gasteiger partial charge is 0.336 e. The van der Waals surface area contributed by atoms with Gasteiger partial charge in [0.25, 0.3) is 5.91 Å². The Balaban J connectivity index is 1.64. The third-order valence-electron chi connectivity index (χ3n) is 4.22. The number of carbonyl (C=O) groups is 1. The Labute approximate surface area is 136 Å². The number of hydrogen-bond donors (Lipinski definition) is 0. The van der Waals surface area contributed by atoms with Crippen molar-refractivity contribution < 1.29 is 4.79 Å². The molecule has 116 valence electrons. The van der Waals surface area contributed by atoms with E-state index >= 15 is 0 Å². The Bertz CT molecular complexity index is 686. The van der Waals surface area contributed by atoms with Crippen LogP contribution in [-0.4, -0.2) is 41.9 Å². The maximum Gasteiger partial charge on any atom is 0.253 e. The van der Waals surface area contributed by atoms with Crippen molar-refractivity contribution in [2.24, 2.45) is 0 Å². The molecule has 0 saturated carbocycles. The molecule has 1 aliphatic rings. The molecule has 0 N–H and O–H groups in total. The summed E-state index contributed by atoms with van der Waals surface area (Å²) in [5, 5.41) is 9.51. The fraction of sp³-hybridized carbons (Fsp3) is 0.263. The first-order valence-corrected chi connectivity index (χ1v) is 7.82. The molecule has 1 heterocycles. The highest BCUT2D eigenvalue weighted by molar-refractivity contribution is 5.94. The molecule has 1 aliphatic heterocycles. The molecular weight excluding hydrogens is 286 g/mol. The molecule has 0 bridgehead atoms. The van der Waals surface area contributed by atoms with Gasteiger partial charge in [0.05, 0.1) is 6.07 Å². The summed E-state index contributed by atoms with van der Waals surface area (Å²) < 4.78 is 0. The highest BCUT2D eigenvalue weighted by Gasteiger charge is 2.27. The van der Waals surface area contributed by atoms with Gasteiger partial charge in [-0.2, -0.15) is 5.26 Å². The number of benzene rings is 2. The molecule has 4 heteroatoms. The van der Waals surface area contributed by atoms with E-state index in [0.29, 0.717) is 26.2 Å². The van der Waals surface area contributed by atoms with E-state index in [1.165, 1.54) is 0 Å². The van der Waals surface area contributed by atoms with Crippen molar-refractivity contribution in [1.29, 1.82) is 5.26 Å². The predicted molar refractivity (Wildman–Crippen MR) is 88.7 cm³/mol. The highest BCUT2D eigenvalue weighted by Crippen LogP contribution is 2.21. The van der Waals surface area contributed by atoms with Gasteiger partial charge in [-0.15, -0.1) is 0 Å². The topological polar surface area (TPSA) is 47.3 Å². The molecular formula is C19H19N3O. The van der Waals surface area contributed by atoms with Crippen molar-refractivity contribution >= 4 is 5.91 Å². The summed E-state index contributed by atoms with van der Waals surface area (Å²) in [5.41, 5.74) is 1.73. The fourth-order valence-electron chi connectivity index (χ4n) is 2.95. The zero-order chi connectivity index (χ0) is 16.1. The van der Waals surface area contributed by atoms with Crippen LogP contribution in [-0.2, 0) is 0 Å². The van der Waals surface area contributed by atoms with Gasteiger partial charge in [0, 0.05) is 31.7 Å². The van der Waals surface area contributed by atoms with Crippen LogP contribution in [0, 0.1) is 11.3 Å². The lowest BCUT2D eigenvalue weighted by molar-refractivity contribution is 0.0606. The molecule has 0 spiro atoms. The van der Waals surface area contributed by atoms with Gasteiger partial charge in [-0.25, -0.2) is 0 Å². The second kappa shape index (κ2) is 7.08. The summed E-state index contributed by atoms with van der Waals surface area (Å²) in [6.07, 6.45) is 0. The molecule has 1 fully saturated rings. The molecule has 23 heavy (non-hydrogen) atoms. The lowest BCUT2D eigenvalue weighted by Crippen LogP contribution is -2.49. The van der Waals surface area contributed by atoms with E-state index in [0.717, 1.165) is 11.1 Å². The van der Waals surface area contributed by atoms with Crippen LogP contribution in [0.2, 0.25) is 0 Å². The minimum atomic E-state index is -0.245. The SMILES string of the molecule is N#CC(c1ccccc1)N1CCN(C(=O)c2ccccc2)CC1. The van der Waals surface area contributed by atoms with E-state index in [1.54, 1.807) is 0 Å². The third kappa shape index (κ3) is 3.41. The molecule has 2 aromatic rings. The van der Waals surface area contributed by atoms with Crippen molar-refractivity contribution in [3.63, 3.8) is 0 Å². The number of rotatable bonds is 3. The summed E-state index contributed by atoms with van der Waals surface area (Å²) in [7, 11) is 0. The number of nitrogens with zero attached hydrogens (tertiary/aromatic N) is 3. The van der Waals surface area contributed by atoms with Crippen molar-refractivity contribution in [1.82, 2.24) is 9.80 Å². The minimum Gasteiger partial charge on any atom is -0.336 e. The zero-order valence-corrected chi connectivity index (χ0v) is 12.9. The van der Waals surface area contributed by atoms with E-state index in [4.69, 9.17) is 0 Å². The van der Waals surface area contributed by atoms with Crippen LogP contribution < -0.4 is 0 Å². The van der Waals surface area contributed by atoms with Gasteiger partial charge in [0.1, 0.15) is 6.04 Å². The number of piperazine rings is 1. The van der Waals surface area contributed by atoms with Gasteiger partial charge in [-0.3, -0.25) is 9.69 Å². The van der Waals surface area contributed by atoms with Gasteiger partial charge >= 0.3 is 0 Å². The van der Waals surface area contributed by atoms with Gasteiger partial charge in [0.15, 0.2) is 0 Å². The molecule has 1 saturated heterocycles. The van der Waals surface area contributed by atoms with Crippen LogP contribution >= 0.6 is 0 Å².